The lowest BCUT2D eigenvalue weighted by atomic mass is 10.2. The van der Waals surface area contributed by atoms with Crippen LogP contribution in [0.1, 0.15) is 5.56 Å². The van der Waals surface area contributed by atoms with Gasteiger partial charge in [0.05, 0.1) is 19.1 Å². The van der Waals surface area contributed by atoms with Crippen molar-refractivity contribution in [2.45, 2.75) is 6.61 Å². The van der Waals surface area contributed by atoms with Crippen LogP contribution < -0.4 is 14.2 Å². The molecule has 1 heterocycles. The van der Waals surface area contributed by atoms with E-state index in [-0.39, 0.29) is 18.2 Å². The van der Waals surface area contributed by atoms with Crippen molar-refractivity contribution in [3.05, 3.63) is 52.2 Å². The van der Waals surface area contributed by atoms with Gasteiger partial charge < -0.3 is 14.2 Å². The molecule has 0 aliphatic heterocycles. The summed E-state index contributed by atoms with van der Waals surface area (Å²) in [5.74, 6) is 1.15. The van der Waals surface area contributed by atoms with E-state index in [1.54, 1.807) is 25.3 Å². The van der Waals surface area contributed by atoms with Gasteiger partial charge in [0, 0.05) is 12.3 Å². The second-order valence-electron chi connectivity index (χ2n) is 4.06. The highest BCUT2D eigenvalue weighted by molar-refractivity contribution is 5.43. The lowest BCUT2D eigenvalue weighted by Gasteiger charge is -2.10. The van der Waals surface area contributed by atoms with Crippen LogP contribution in [0, 0.1) is 10.1 Å². The first-order chi connectivity index (χ1) is 10.2. The molecule has 0 unspecified atom stereocenters. The number of methoxy groups -OCH3 is 2. The fourth-order valence-electron chi connectivity index (χ4n) is 1.75. The summed E-state index contributed by atoms with van der Waals surface area (Å²) in [5.41, 5.74) is 0.616. The summed E-state index contributed by atoms with van der Waals surface area (Å²) in [4.78, 5) is 14.2. The molecule has 0 saturated carbocycles. The van der Waals surface area contributed by atoms with E-state index in [9.17, 15) is 10.1 Å². The molecule has 0 amide bonds. The topological polar surface area (TPSA) is 83.7 Å². The van der Waals surface area contributed by atoms with Gasteiger partial charge in [-0.1, -0.05) is 6.07 Å². The number of hydrogen-bond donors (Lipinski definition) is 0. The van der Waals surface area contributed by atoms with E-state index in [1.165, 1.54) is 25.4 Å². The Morgan fingerprint density at radius 3 is 2.62 bits per heavy atom. The average molecular weight is 290 g/mol. The first-order valence-electron chi connectivity index (χ1n) is 6.09. The summed E-state index contributed by atoms with van der Waals surface area (Å²) in [6, 6.07) is 8.10. The normalized spacial score (nSPS) is 10.0. The standard InChI is InChI=1S/C14H14N2O5/c1-19-12-6-5-10(8-13(12)20-2)9-21-14-11(16(17)18)4-3-7-15-14/h3-8H,9H2,1-2H3. The van der Waals surface area contributed by atoms with Gasteiger partial charge in [-0.3, -0.25) is 10.1 Å². The molecular weight excluding hydrogens is 276 g/mol. The van der Waals surface area contributed by atoms with Crippen molar-refractivity contribution in [1.82, 2.24) is 4.98 Å². The molecular formula is C14H14N2O5. The van der Waals surface area contributed by atoms with Crippen LogP contribution in [0.25, 0.3) is 0 Å². The Hall–Kier alpha value is -2.83. The number of ether oxygens (including phenoxy) is 3. The minimum absolute atomic E-state index is 0.0164. The van der Waals surface area contributed by atoms with Crippen molar-refractivity contribution in [1.29, 1.82) is 0 Å². The van der Waals surface area contributed by atoms with Crippen LogP contribution in [0.15, 0.2) is 36.5 Å². The summed E-state index contributed by atoms with van der Waals surface area (Å²) < 4.78 is 15.7. The van der Waals surface area contributed by atoms with Crippen LogP contribution in [-0.4, -0.2) is 24.1 Å². The Bertz CT molecular complexity index is 645. The van der Waals surface area contributed by atoms with Gasteiger partial charge in [-0.15, -0.1) is 0 Å². The lowest BCUT2D eigenvalue weighted by Crippen LogP contribution is -2.01. The van der Waals surface area contributed by atoms with Gasteiger partial charge in [0.2, 0.25) is 0 Å². The Morgan fingerprint density at radius 2 is 1.95 bits per heavy atom. The smallest absolute Gasteiger partial charge is 0.330 e. The van der Waals surface area contributed by atoms with Crippen molar-refractivity contribution in [2.75, 3.05) is 14.2 Å². The van der Waals surface area contributed by atoms with Gasteiger partial charge >= 0.3 is 5.69 Å². The highest BCUT2D eigenvalue weighted by Gasteiger charge is 2.15. The number of pyridine rings is 1. The van der Waals surface area contributed by atoms with Crippen LogP contribution in [-0.2, 0) is 6.61 Å². The number of nitro groups is 1. The third-order valence-corrected chi connectivity index (χ3v) is 2.77. The molecule has 1 aromatic carbocycles. The van der Waals surface area contributed by atoms with E-state index in [0.29, 0.717) is 11.5 Å². The molecule has 0 aliphatic carbocycles. The van der Waals surface area contributed by atoms with Crippen molar-refractivity contribution < 1.29 is 19.1 Å². The van der Waals surface area contributed by atoms with Crippen LogP contribution >= 0.6 is 0 Å². The van der Waals surface area contributed by atoms with Gasteiger partial charge in [0.1, 0.15) is 6.61 Å². The average Bonchev–Trinajstić information content (AvgIpc) is 2.52. The van der Waals surface area contributed by atoms with E-state index >= 15 is 0 Å². The Morgan fingerprint density at radius 1 is 1.19 bits per heavy atom. The SMILES string of the molecule is COc1ccc(COc2ncccc2[N+](=O)[O-])cc1OC. The second-order valence-corrected chi connectivity index (χ2v) is 4.06. The quantitative estimate of drug-likeness (QED) is 0.600. The number of hydrogen-bond acceptors (Lipinski definition) is 6. The highest BCUT2D eigenvalue weighted by atomic mass is 16.6. The molecule has 7 heteroatoms. The van der Waals surface area contributed by atoms with Gasteiger partial charge in [-0.05, 0) is 23.8 Å². The maximum atomic E-state index is 10.9. The minimum atomic E-state index is -0.531. The maximum Gasteiger partial charge on any atom is 0.330 e. The molecule has 0 atom stereocenters. The zero-order valence-electron chi connectivity index (χ0n) is 11.6. The number of nitrogens with zero attached hydrogens (tertiary/aromatic N) is 2. The van der Waals surface area contributed by atoms with Crippen LogP contribution in [0.3, 0.4) is 0 Å². The Labute approximate surface area is 121 Å². The molecule has 7 nitrogen and oxygen atoms in total. The van der Waals surface area contributed by atoms with E-state index in [4.69, 9.17) is 14.2 Å². The molecule has 1 aromatic heterocycles. The predicted molar refractivity (Wildman–Crippen MR) is 74.8 cm³/mol. The van der Waals surface area contributed by atoms with Crippen molar-refractivity contribution >= 4 is 5.69 Å². The molecule has 0 radical (unpaired) electrons. The molecule has 0 fully saturated rings. The van der Waals surface area contributed by atoms with Crippen LogP contribution in [0.2, 0.25) is 0 Å². The zero-order chi connectivity index (χ0) is 15.2. The summed E-state index contributed by atoms with van der Waals surface area (Å²) in [6.07, 6.45) is 1.44. The number of benzene rings is 1. The summed E-state index contributed by atoms with van der Waals surface area (Å²) in [6.45, 7) is 0.137. The zero-order valence-corrected chi connectivity index (χ0v) is 11.6. The molecule has 0 spiro atoms. The molecule has 21 heavy (non-hydrogen) atoms. The number of aromatic nitrogens is 1. The Kier molecular flexibility index (Phi) is 4.55. The third-order valence-electron chi connectivity index (χ3n) is 2.77. The molecule has 2 aromatic rings. The first kappa shape index (κ1) is 14.6. The van der Waals surface area contributed by atoms with Crippen molar-refractivity contribution in [3.63, 3.8) is 0 Å². The monoisotopic (exact) mass is 290 g/mol. The van der Waals surface area contributed by atoms with E-state index < -0.39 is 4.92 Å². The van der Waals surface area contributed by atoms with E-state index in [0.717, 1.165) is 5.56 Å². The van der Waals surface area contributed by atoms with Crippen LogP contribution in [0.4, 0.5) is 5.69 Å². The van der Waals surface area contributed by atoms with Gasteiger partial charge in [0.25, 0.3) is 5.88 Å². The van der Waals surface area contributed by atoms with Crippen molar-refractivity contribution in [3.8, 4) is 17.4 Å². The van der Waals surface area contributed by atoms with Gasteiger partial charge in [-0.2, -0.15) is 0 Å². The van der Waals surface area contributed by atoms with E-state index in [2.05, 4.69) is 4.98 Å². The molecule has 110 valence electrons. The molecule has 0 N–H and O–H groups in total. The van der Waals surface area contributed by atoms with E-state index in [1.807, 2.05) is 0 Å². The largest absolute Gasteiger partial charge is 0.493 e. The molecule has 0 bridgehead atoms. The lowest BCUT2D eigenvalue weighted by molar-refractivity contribution is -0.386. The maximum absolute atomic E-state index is 10.9. The predicted octanol–water partition coefficient (Wildman–Crippen LogP) is 2.59. The number of rotatable bonds is 6. The fraction of sp³-hybridized carbons (Fsp3) is 0.214. The highest BCUT2D eigenvalue weighted by Crippen LogP contribution is 2.29. The minimum Gasteiger partial charge on any atom is -0.493 e. The fourth-order valence-corrected chi connectivity index (χ4v) is 1.75. The van der Waals surface area contributed by atoms with Gasteiger partial charge in [0.15, 0.2) is 11.5 Å². The third kappa shape index (κ3) is 3.38. The van der Waals surface area contributed by atoms with Gasteiger partial charge in [-0.25, -0.2) is 4.98 Å². The summed E-state index contributed by atoms with van der Waals surface area (Å²) in [7, 11) is 3.08. The van der Waals surface area contributed by atoms with Crippen LogP contribution in [0.5, 0.6) is 17.4 Å². The molecule has 0 saturated heterocycles. The Balaban J connectivity index is 2.15. The summed E-state index contributed by atoms with van der Waals surface area (Å²) in [5, 5.41) is 10.9. The summed E-state index contributed by atoms with van der Waals surface area (Å²) >= 11 is 0. The molecule has 0 aliphatic rings. The van der Waals surface area contributed by atoms with Crippen molar-refractivity contribution in [2.24, 2.45) is 0 Å². The molecule has 2 rings (SSSR count). The second kappa shape index (κ2) is 6.56. The first-order valence-corrected chi connectivity index (χ1v) is 6.09.